The molecule has 2 rings (SSSR count). The Bertz CT molecular complexity index is 578. The summed E-state index contributed by atoms with van der Waals surface area (Å²) < 4.78 is 29.1. The fraction of sp³-hybridized carbons (Fsp3) is 0.500. The van der Waals surface area contributed by atoms with Crippen LogP contribution in [0.1, 0.15) is 31.2 Å². The average molecular weight is 279 g/mol. The summed E-state index contributed by atoms with van der Waals surface area (Å²) in [5, 5.41) is 9.20. The molecule has 1 aromatic carbocycles. The van der Waals surface area contributed by atoms with E-state index in [-0.39, 0.29) is 11.5 Å². The smallest absolute Gasteiger partial charge is 0.265 e. The van der Waals surface area contributed by atoms with Gasteiger partial charge in [0.1, 0.15) is 0 Å². The minimum Gasteiger partial charge on any atom is -0.265 e. The van der Waals surface area contributed by atoms with Crippen LogP contribution in [-0.2, 0) is 14.3 Å². The van der Waals surface area contributed by atoms with Crippen molar-refractivity contribution < 1.29 is 12.6 Å². The van der Waals surface area contributed by atoms with Crippen LogP contribution in [0.15, 0.2) is 29.2 Å². The molecule has 102 valence electrons. The molecule has 1 aromatic rings. The van der Waals surface area contributed by atoms with Crippen LogP contribution < -0.4 is 0 Å². The van der Waals surface area contributed by atoms with Crippen molar-refractivity contribution in [3.8, 4) is 6.07 Å². The third kappa shape index (κ3) is 3.14. The molecular formula is C14H17NO3S. The number of nitrogens with zero attached hydrogens (tertiary/aromatic N) is 1. The number of benzene rings is 1. The number of nitriles is 1. The van der Waals surface area contributed by atoms with Gasteiger partial charge in [-0.3, -0.25) is 4.18 Å². The third-order valence-electron chi connectivity index (χ3n) is 3.60. The molecule has 1 saturated carbocycles. The lowest BCUT2D eigenvalue weighted by Crippen LogP contribution is -2.23. The Morgan fingerprint density at radius 3 is 2.37 bits per heavy atom. The Labute approximate surface area is 114 Å². The van der Waals surface area contributed by atoms with Gasteiger partial charge in [0, 0.05) is 0 Å². The average Bonchev–Trinajstić information content (AvgIpc) is 2.87. The summed E-state index contributed by atoms with van der Waals surface area (Å²) in [4.78, 5) is 0.143. The van der Waals surface area contributed by atoms with E-state index in [4.69, 9.17) is 4.18 Å². The number of aryl methyl sites for hydroxylation is 1. The molecule has 5 heteroatoms. The van der Waals surface area contributed by atoms with Crippen molar-refractivity contribution in [1.29, 1.82) is 5.26 Å². The Balaban J connectivity index is 2.10. The maximum atomic E-state index is 12.0. The van der Waals surface area contributed by atoms with Crippen molar-refractivity contribution in [1.82, 2.24) is 0 Å². The van der Waals surface area contributed by atoms with Crippen molar-refractivity contribution >= 4 is 10.1 Å². The van der Waals surface area contributed by atoms with Crippen LogP contribution >= 0.6 is 0 Å². The Kier molecular flexibility index (Phi) is 3.93. The lowest BCUT2D eigenvalue weighted by Gasteiger charge is -2.19. The molecule has 0 radical (unpaired) electrons. The third-order valence-corrected chi connectivity index (χ3v) is 4.88. The molecule has 1 aliphatic rings. The SMILES string of the molecule is Cc1ccc(S(=O)(=O)OCC2(C#N)CCCC2)cc1. The van der Waals surface area contributed by atoms with Crippen LogP contribution in [0, 0.1) is 23.7 Å². The Morgan fingerprint density at radius 2 is 1.84 bits per heavy atom. The first-order valence-corrected chi connectivity index (χ1v) is 7.76. The van der Waals surface area contributed by atoms with Gasteiger partial charge in [-0.1, -0.05) is 30.5 Å². The maximum Gasteiger partial charge on any atom is 0.297 e. The van der Waals surface area contributed by atoms with Gasteiger partial charge in [0.15, 0.2) is 0 Å². The standard InChI is InChI=1S/C14H17NO3S/c1-12-4-6-13(7-5-12)19(16,17)18-11-14(10-15)8-2-3-9-14/h4-7H,2-3,8-9,11H2,1H3. The van der Waals surface area contributed by atoms with E-state index in [1.807, 2.05) is 6.92 Å². The number of rotatable bonds is 4. The molecule has 0 aromatic heterocycles. The summed E-state index contributed by atoms with van der Waals surface area (Å²) in [6, 6.07) is 8.73. The summed E-state index contributed by atoms with van der Waals surface area (Å²) >= 11 is 0. The molecule has 0 aliphatic heterocycles. The molecule has 0 spiro atoms. The van der Waals surface area contributed by atoms with Crippen molar-refractivity contribution in [2.24, 2.45) is 5.41 Å². The Hall–Kier alpha value is -1.38. The van der Waals surface area contributed by atoms with Crippen molar-refractivity contribution in [2.75, 3.05) is 6.61 Å². The summed E-state index contributed by atoms with van der Waals surface area (Å²) in [5.74, 6) is 0. The zero-order valence-corrected chi connectivity index (χ0v) is 11.7. The molecule has 19 heavy (non-hydrogen) atoms. The van der Waals surface area contributed by atoms with Gasteiger partial charge in [0.2, 0.25) is 0 Å². The zero-order valence-electron chi connectivity index (χ0n) is 10.9. The first-order chi connectivity index (χ1) is 8.97. The summed E-state index contributed by atoms with van der Waals surface area (Å²) in [6.07, 6.45) is 3.35. The van der Waals surface area contributed by atoms with Gasteiger partial charge in [0.05, 0.1) is 23.0 Å². The van der Waals surface area contributed by atoms with E-state index < -0.39 is 15.5 Å². The highest BCUT2D eigenvalue weighted by Crippen LogP contribution is 2.38. The zero-order chi connectivity index (χ0) is 13.9. The fourth-order valence-corrected chi connectivity index (χ4v) is 3.29. The van der Waals surface area contributed by atoms with Gasteiger partial charge >= 0.3 is 0 Å². The minimum absolute atomic E-state index is 0.0420. The topological polar surface area (TPSA) is 67.2 Å². The normalized spacial score (nSPS) is 18.1. The highest BCUT2D eigenvalue weighted by Gasteiger charge is 2.36. The number of hydrogen-bond acceptors (Lipinski definition) is 4. The highest BCUT2D eigenvalue weighted by atomic mass is 32.2. The molecule has 0 heterocycles. The number of hydrogen-bond donors (Lipinski definition) is 0. The van der Waals surface area contributed by atoms with E-state index in [0.717, 1.165) is 18.4 Å². The molecule has 0 atom stereocenters. The summed E-state index contributed by atoms with van der Waals surface area (Å²) in [5.41, 5.74) is 0.362. The van der Waals surface area contributed by atoms with Gasteiger partial charge in [0.25, 0.3) is 10.1 Å². The molecule has 0 N–H and O–H groups in total. The second-order valence-corrected chi connectivity index (χ2v) is 6.74. The minimum atomic E-state index is -3.76. The molecular weight excluding hydrogens is 262 g/mol. The lowest BCUT2D eigenvalue weighted by atomic mass is 9.90. The van der Waals surface area contributed by atoms with Crippen LogP contribution in [0.2, 0.25) is 0 Å². The van der Waals surface area contributed by atoms with E-state index in [0.29, 0.717) is 12.8 Å². The molecule has 1 aliphatic carbocycles. The van der Waals surface area contributed by atoms with Crippen molar-refractivity contribution in [3.05, 3.63) is 29.8 Å². The molecule has 4 nitrogen and oxygen atoms in total. The van der Waals surface area contributed by atoms with Crippen molar-refractivity contribution in [3.63, 3.8) is 0 Å². The largest absolute Gasteiger partial charge is 0.297 e. The van der Waals surface area contributed by atoms with Crippen LogP contribution in [0.4, 0.5) is 0 Å². The quantitative estimate of drug-likeness (QED) is 0.795. The van der Waals surface area contributed by atoms with Gasteiger partial charge in [-0.15, -0.1) is 0 Å². The van der Waals surface area contributed by atoms with Crippen LogP contribution in [0.25, 0.3) is 0 Å². The van der Waals surface area contributed by atoms with Crippen LogP contribution in [0.3, 0.4) is 0 Å². The van der Waals surface area contributed by atoms with E-state index in [1.165, 1.54) is 12.1 Å². The predicted molar refractivity (Wildman–Crippen MR) is 70.8 cm³/mol. The molecule has 0 unspecified atom stereocenters. The predicted octanol–water partition coefficient (Wildman–Crippen LogP) is 2.78. The molecule has 0 amide bonds. The molecule has 0 saturated heterocycles. The first-order valence-electron chi connectivity index (χ1n) is 6.35. The van der Waals surface area contributed by atoms with Crippen LogP contribution in [-0.4, -0.2) is 15.0 Å². The van der Waals surface area contributed by atoms with Gasteiger partial charge in [-0.25, -0.2) is 0 Å². The Morgan fingerprint density at radius 1 is 1.26 bits per heavy atom. The fourth-order valence-electron chi connectivity index (χ4n) is 2.30. The second-order valence-electron chi connectivity index (χ2n) is 5.13. The van der Waals surface area contributed by atoms with E-state index >= 15 is 0 Å². The monoisotopic (exact) mass is 279 g/mol. The van der Waals surface area contributed by atoms with Gasteiger partial charge in [-0.05, 0) is 31.9 Å². The lowest BCUT2D eigenvalue weighted by molar-refractivity contribution is 0.206. The van der Waals surface area contributed by atoms with Crippen LogP contribution in [0.5, 0.6) is 0 Å². The second kappa shape index (κ2) is 5.32. The van der Waals surface area contributed by atoms with Gasteiger partial charge in [-0.2, -0.15) is 13.7 Å². The maximum absolute atomic E-state index is 12.0. The first kappa shape index (κ1) is 14.0. The summed E-state index contributed by atoms with van der Waals surface area (Å²) in [7, 11) is -3.76. The van der Waals surface area contributed by atoms with E-state index in [9.17, 15) is 13.7 Å². The molecule has 0 bridgehead atoms. The van der Waals surface area contributed by atoms with E-state index in [1.54, 1.807) is 12.1 Å². The van der Waals surface area contributed by atoms with Gasteiger partial charge < -0.3 is 0 Å². The van der Waals surface area contributed by atoms with Crippen molar-refractivity contribution in [2.45, 2.75) is 37.5 Å². The highest BCUT2D eigenvalue weighted by molar-refractivity contribution is 7.86. The van der Waals surface area contributed by atoms with E-state index in [2.05, 4.69) is 6.07 Å². The molecule has 1 fully saturated rings. The summed E-state index contributed by atoms with van der Waals surface area (Å²) in [6.45, 7) is 1.85.